The summed E-state index contributed by atoms with van der Waals surface area (Å²) in [5.41, 5.74) is 4.28. The first-order valence-electron chi connectivity index (χ1n) is 8.88. The van der Waals surface area contributed by atoms with E-state index in [1.165, 1.54) is 0 Å². The highest BCUT2D eigenvalue weighted by atomic mass is 16.5. The lowest BCUT2D eigenvalue weighted by atomic mass is 9.85. The minimum Gasteiger partial charge on any atom is -0.497 e. The largest absolute Gasteiger partial charge is 0.497 e. The van der Waals surface area contributed by atoms with Crippen LogP contribution in [0.4, 0.5) is 0 Å². The Labute approximate surface area is 156 Å². The minimum absolute atomic E-state index is 0.118. The molecule has 4 nitrogen and oxygen atoms in total. The van der Waals surface area contributed by atoms with Crippen molar-refractivity contribution >= 4 is 5.97 Å². The predicted octanol–water partition coefficient (Wildman–Crippen LogP) is 4.79. The molecule has 0 saturated carbocycles. The van der Waals surface area contributed by atoms with Crippen LogP contribution in [-0.2, 0) is 9.53 Å². The molecule has 0 bridgehead atoms. The summed E-state index contributed by atoms with van der Waals surface area (Å²) in [5, 5.41) is 0. The Hall–Kier alpha value is -2.49. The van der Waals surface area contributed by atoms with Gasteiger partial charge in [0.2, 0.25) is 0 Å². The number of esters is 1. The molecule has 0 N–H and O–H groups in total. The zero-order valence-electron chi connectivity index (χ0n) is 16.5. The number of ether oxygens (including phenoxy) is 3. The zero-order valence-corrected chi connectivity index (χ0v) is 16.5. The average Bonchev–Trinajstić information content (AvgIpc) is 2.60. The maximum absolute atomic E-state index is 11.9. The second-order valence-corrected chi connectivity index (χ2v) is 6.59. The number of hydrogen-bond donors (Lipinski definition) is 0. The summed E-state index contributed by atoms with van der Waals surface area (Å²) in [6, 6.07) is 12.2. The number of carbonyl (C=O) groups excluding carboxylic acids is 1. The molecule has 0 heterocycles. The van der Waals surface area contributed by atoms with E-state index in [1.54, 1.807) is 21.1 Å². The lowest BCUT2D eigenvalue weighted by Gasteiger charge is -2.26. The fraction of sp³-hybridized carbons (Fsp3) is 0.409. The third kappa shape index (κ3) is 4.78. The molecule has 4 heteroatoms. The van der Waals surface area contributed by atoms with Crippen molar-refractivity contribution in [3.8, 4) is 11.5 Å². The Bertz CT molecular complexity index is 713. The fourth-order valence-corrected chi connectivity index (χ4v) is 3.24. The van der Waals surface area contributed by atoms with Crippen LogP contribution in [0.5, 0.6) is 11.5 Å². The van der Waals surface area contributed by atoms with Crippen LogP contribution in [0.15, 0.2) is 36.4 Å². The van der Waals surface area contributed by atoms with Gasteiger partial charge >= 0.3 is 5.97 Å². The molecule has 1 unspecified atom stereocenters. The Morgan fingerprint density at radius 3 is 1.73 bits per heavy atom. The lowest BCUT2D eigenvalue weighted by molar-refractivity contribution is -0.148. The summed E-state index contributed by atoms with van der Waals surface area (Å²) in [7, 11) is 3.31. The minimum atomic E-state index is -0.319. The van der Waals surface area contributed by atoms with E-state index in [1.807, 2.05) is 45.0 Å². The van der Waals surface area contributed by atoms with E-state index in [-0.39, 0.29) is 18.0 Å². The van der Waals surface area contributed by atoms with Crippen molar-refractivity contribution in [2.75, 3.05) is 14.2 Å². The molecule has 0 aliphatic carbocycles. The van der Waals surface area contributed by atoms with E-state index >= 15 is 0 Å². The second-order valence-electron chi connectivity index (χ2n) is 6.59. The third-order valence-corrected chi connectivity index (χ3v) is 4.41. The number of aryl methyl sites for hydroxylation is 2. The van der Waals surface area contributed by atoms with Gasteiger partial charge in [0.15, 0.2) is 0 Å². The van der Waals surface area contributed by atoms with Crippen LogP contribution in [-0.4, -0.2) is 26.3 Å². The van der Waals surface area contributed by atoms with Crippen molar-refractivity contribution in [3.05, 3.63) is 58.7 Å². The van der Waals surface area contributed by atoms with Gasteiger partial charge in [-0.25, -0.2) is 0 Å². The summed E-state index contributed by atoms with van der Waals surface area (Å²) in [6.45, 7) is 7.79. The van der Waals surface area contributed by atoms with E-state index < -0.39 is 0 Å². The van der Waals surface area contributed by atoms with Crippen molar-refractivity contribution < 1.29 is 19.0 Å². The van der Waals surface area contributed by atoms with Crippen LogP contribution in [0.25, 0.3) is 0 Å². The highest BCUT2D eigenvalue weighted by Crippen LogP contribution is 2.35. The molecule has 0 amide bonds. The van der Waals surface area contributed by atoms with Gasteiger partial charge in [-0.2, -0.15) is 0 Å². The number of rotatable bonds is 7. The van der Waals surface area contributed by atoms with E-state index in [4.69, 9.17) is 14.2 Å². The highest BCUT2D eigenvalue weighted by molar-refractivity contribution is 5.69. The van der Waals surface area contributed by atoms with Gasteiger partial charge in [-0.1, -0.05) is 19.1 Å². The zero-order chi connectivity index (χ0) is 19.3. The molecule has 0 fully saturated rings. The van der Waals surface area contributed by atoms with Gasteiger partial charge in [0.05, 0.1) is 14.2 Å². The Balaban J connectivity index is 2.57. The highest BCUT2D eigenvalue weighted by Gasteiger charge is 2.26. The van der Waals surface area contributed by atoms with Crippen molar-refractivity contribution in [1.29, 1.82) is 0 Å². The molecule has 26 heavy (non-hydrogen) atoms. The van der Waals surface area contributed by atoms with Crippen molar-refractivity contribution in [2.45, 2.75) is 46.1 Å². The number of methoxy groups -OCH3 is 2. The molecule has 0 saturated heterocycles. The monoisotopic (exact) mass is 356 g/mol. The number of hydrogen-bond acceptors (Lipinski definition) is 4. The normalized spacial score (nSPS) is 12.0. The average molecular weight is 356 g/mol. The molecular formula is C22H28O4. The quantitative estimate of drug-likeness (QED) is 0.669. The van der Waals surface area contributed by atoms with E-state index in [0.717, 1.165) is 33.8 Å². The Morgan fingerprint density at radius 1 is 0.885 bits per heavy atom. The smallest absolute Gasteiger partial charge is 0.305 e. The SMILES string of the molecule is CCC(=O)OC(C)C(c1cc(C)cc(OC)c1)c1cc(C)cc(OC)c1. The van der Waals surface area contributed by atoms with Crippen molar-refractivity contribution in [3.63, 3.8) is 0 Å². The summed E-state index contributed by atoms with van der Waals surface area (Å²) < 4.78 is 16.6. The molecule has 0 aliphatic rings. The van der Waals surface area contributed by atoms with Crippen LogP contribution >= 0.6 is 0 Å². The van der Waals surface area contributed by atoms with E-state index in [0.29, 0.717) is 6.42 Å². The standard InChI is InChI=1S/C22H28O4/c1-7-21(23)26-16(4)22(17-8-14(2)10-19(12-17)24-5)18-9-15(3)11-20(13-18)25-6/h8-13,16,22H,7H2,1-6H3. The van der Waals surface area contributed by atoms with Gasteiger partial charge in [-0.05, 0) is 67.3 Å². The number of carbonyl (C=O) groups is 1. The molecule has 2 aromatic rings. The predicted molar refractivity (Wildman–Crippen MR) is 103 cm³/mol. The van der Waals surface area contributed by atoms with Gasteiger partial charge in [-0.15, -0.1) is 0 Å². The molecule has 2 aromatic carbocycles. The summed E-state index contributed by atoms with van der Waals surface area (Å²) in [5.74, 6) is 1.26. The first-order valence-corrected chi connectivity index (χ1v) is 8.88. The molecule has 0 aliphatic heterocycles. The molecule has 0 radical (unpaired) electrons. The van der Waals surface area contributed by atoms with Crippen LogP contribution in [0.2, 0.25) is 0 Å². The topological polar surface area (TPSA) is 44.8 Å². The molecule has 1 atom stereocenters. The molecule has 140 valence electrons. The molecule has 0 aromatic heterocycles. The van der Waals surface area contributed by atoms with Crippen LogP contribution < -0.4 is 9.47 Å². The summed E-state index contributed by atoms with van der Waals surface area (Å²) >= 11 is 0. The fourth-order valence-electron chi connectivity index (χ4n) is 3.24. The van der Waals surface area contributed by atoms with Gasteiger partial charge in [0, 0.05) is 12.3 Å². The summed E-state index contributed by atoms with van der Waals surface area (Å²) in [6.07, 6.45) is 0.0335. The van der Waals surface area contributed by atoms with Gasteiger partial charge in [-0.3, -0.25) is 4.79 Å². The van der Waals surface area contributed by atoms with Crippen molar-refractivity contribution in [1.82, 2.24) is 0 Å². The Morgan fingerprint density at radius 2 is 1.35 bits per heavy atom. The lowest BCUT2D eigenvalue weighted by Crippen LogP contribution is -2.23. The van der Waals surface area contributed by atoms with Crippen molar-refractivity contribution in [2.24, 2.45) is 0 Å². The van der Waals surface area contributed by atoms with E-state index in [9.17, 15) is 4.79 Å². The van der Waals surface area contributed by atoms with Gasteiger partial charge in [0.25, 0.3) is 0 Å². The third-order valence-electron chi connectivity index (χ3n) is 4.41. The van der Waals surface area contributed by atoms with Gasteiger partial charge in [0.1, 0.15) is 17.6 Å². The molecule has 0 spiro atoms. The van der Waals surface area contributed by atoms with Crippen LogP contribution in [0.3, 0.4) is 0 Å². The number of benzene rings is 2. The maximum Gasteiger partial charge on any atom is 0.305 e. The van der Waals surface area contributed by atoms with Crippen LogP contribution in [0, 0.1) is 13.8 Å². The maximum atomic E-state index is 11.9. The van der Waals surface area contributed by atoms with Gasteiger partial charge < -0.3 is 14.2 Å². The van der Waals surface area contributed by atoms with Crippen LogP contribution in [0.1, 0.15) is 48.4 Å². The first kappa shape index (κ1) is 19.8. The van der Waals surface area contributed by atoms with E-state index in [2.05, 4.69) is 12.1 Å². The Kier molecular flexibility index (Phi) is 6.67. The molecule has 2 rings (SSSR count). The first-order chi connectivity index (χ1) is 12.4. The summed E-state index contributed by atoms with van der Waals surface area (Å²) in [4.78, 5) is 11.9. The molecular weight excluding hydrogens is 328 g/mol. The second kappa shape index (κ2) is 8.75.